The molecule has 2 aliphatic carbocycles. The standard InChI is InChI=1S/C18H34N2/c1-13(2)16-11-19-15(14-8-6-5-7-9-14)12-20(16)17-10-18(17,3)4/h13-17,19H,5-12H2,1-4H3. The SMILES string of the molecule is CC(C)C1CNC(C2CCCCC2)CN1C1CC1(C)C. The highest BCUT2D eigenvalue weighted by atomic mass is 15.3. The highest BCUT2D eigenvalue weighted by molar-refractivity contribution is 5.07. The maximum absolute atomic E-state index is 3.92. The van der Waals surface area contributed by atoms with Gasteiger partial charge < -0.3 is 5.32 Å². The van der Waals surface area contributed by atoms with Crippen LogP contribution in [0.2, 0.25) is 0 Å². The molecule has 2 nitrogen and oxygen atoms in total. The zero-order valence-corrected chi connectivity index (χ0v) is 14.0. The molecule has 0 aromatic rings. The van der Waals surface area contributed by atoms with Crippen molar-refractivity contribution in [2.45, 2.75) is 84.3 Å². The number of piperazine rings is 1. The van der Waals surface area contributed by atoms with Crippen molar-refractivity contribution < 1.29 is 0 Å². The van der Waals surface area contributed by atoms with Crippen molar-refractivity contribution in [3.8, 4) is 0 Å². The van der Waals surface area contributed by atoms with E-state index in [9.17, 15) is 0 Å². The van der Waals surface area contributed by atoms with Crippen LogP contribution in [0.1, 0.15) is 66.2 Å². The van der Waals surface area contributed by atoms with Crippen molar-refractivity contribution in [3.63, 3.8) is 0 Å². The van der Waals surface area contributed by atoms with Crippen molar-refractivity contribution >= 4 is 0 Å². The smallest absolute Gasteiger partial charge is 0.0247 e. The summed E-state index contributed by atoms with van der Waals surface area (Å²) in [6, 6.07) is 2.37. The predicted octanol–water partition coefficient (Wildman–Crippen LogP) is 3.66. The van der Waals surface area contributed by atoms with E-state index in [4.69, 9.17) is 0 Å². The molecule has 116 valence electrons. The quantitative estimate of drug-likeness (QED) is 0.847. The fourth-order valence-corrected chi connectivity index (χ4v) is 4.65. The van der Waals surface area contributed by atoms with Gasteiger partial charge in [0.1, 0.15) is 0 Å². The molecular formula is C18H34N2. The van der Waals surface area contributed by atoms with Gasteiger partial charge in [-0.15, -0.1) is 0 Å². The third-order valence-electron chi connectivity index (χ3n) is 6.27. The predicted molar refractivity (Wildman–Crippen MR) is 85.9 cm³/mol. The Kier molecular flexibility index (Phi) is 4.16. The van der Waals surface area contributed by atoms with E-state index in [-0.39, 0.29) is 0 Å². The largest absolute Gasteiger partial charge is 0.311 e. The Morgan fingerprint density at radius 3 is 2.30 bits per heavy atom. The molecule has 3 atom stereocenters. The Morgan fingerprint density at radius 2 is 1.75 bits per heavy atom. The van der Waals surface area contributed by atoms with E-state index in [1.165, 1.54) is 51.6 Å². The van der Waals surface area contributed by atoms with Crippen molar-refractivity contribution in [1.29, 1.82) is 0 Å². The number of rotatable bonds is 3. The first kappa shape index (κ1) is 14.8. The summed E-state index contributed by atoms with van der Waals surface area (Å²) in [7, 11) is 0. The average Bonchev–Trinajstić information content (AvgIpc) is 3.08. The van der Waals surface area contributed by atoms with Gasteiger partial charge in [-0.3, -0.25) is 4.90 Å². The van der Waals surface area contributed by atoms with Gasteiger partial charge in [-0.25, -0.2) is 0 Å². The Hall–Kier alpha value is -0.0800. The molecule has 3 rings (SSSR count). The average molecular weight is 278 g/mol. The summed E-state index contributed by atoms with van der Waals surface area (Å²) in [6.07, 6.45) is 8.74. The van der Waals surface area contributed by atoms with Crippen molar-refractivity contribution in [1.82, 2.24) is 10.2 Å². The zero-order valence-electron chi connectivity index (χ0n) is 14.0. The van der Waals surface area contributed by atoms with Crippen LogP contribution in [-0.2, 0) is 0 Å². The Morgan fingerprint density at radius 1 is 1.10 bits per heavy atom. The summed E-state index contributed by atoms with van der Waals surface area (Å²) >= 11 is 0. The molecule has 1 saturated heterocycles. The van der Waals surface area contributed by atoms with Gasteiger partial charge in [0.2, 0.25) is 0 Å². The van der Waals surface area contributed by atoms with Crippen LogP contribution in [-0.4, -0.2) is 36.1 Å². The van der Waals surface area contributed by atoms with Gasteiger partial charge in [0.25, 0.3) is 0 Å². The second-order valence-corrected chi connectivity index (χ2v) is 8.63. The fraction of sp³-hybridized carbons (Fsp3) is 1.00. The topological polar surface area (TPSA) is 15.3 Å². The van der Waals surface area contributed by atoms with Gasteiger partial charge in [-0.05, 0) is 36.5 Å². The van der Waals surface area contributed by atoms with Gasteiger partial charge in [-0.2, -0.15) is 0 Å². The van der Waals surface area contributed by atoms with Crippen molar-refractivity contribution in [2.24, 2.45) is 17.3 Å². The van der Waals surface area contributed by atoms with Crippen LogP contribution in [0.3, 0.4) is 0 Å². The van der Waals surface area contributed by atoms with Crippen LogP contribution < -0.4 is 5.32 Å². The Bertz CT molecular complexity index is 330. The van der Waals surface area contributed by atoms with Gasteiger partial charge >= 0.3 is 0 Å². The molecule has 20 heavy (non-hydrogen) atoms. The lowest BCUT2D eigenvalue weighted by Gasteiger charge is -2.46. The van der Waals surface area contributed by atoms with Crippen molar-refractivity contribution in [2.75, 3.05) is 13.1 Å². The molecule has 1 heterocycles. The molecule has 1 N–H and O–H groups in total. The highest BCUT2D eigenvalue weighted by Crippen LogP contribution is 2.50. The maximum Gasteiger partial charge on any atom is 0.0247 e. The minimum atomic E-state index is 0.571. The second kappa shape index (κ2) is 5.61. The molecular weight excluding hydrogens is 244 g/mol. The molecule has 0 aromatic carbocycles. The van der Waals surface area contributed by atoms with Gasteiger partial charge in [0.15, 0.2) is 0 Å². The van der Waals surface area contributed by atoms with Crippen LogP contribution in [0, 0.1) is 17.3 Å². The van der Waals surface area contributed by atoms with Crippen LogP contribution in [0.15, 0.2) is 0 Å². The van der Waals surface area contributed by atoms with Gasteiger partial charge in [0.05, 0.1) is 0 Å². The Balaban J connectivity index is 1.66. The Labute approximate surface area is 125 Å². The number of nitrogens with zero attached hydrogens (tertiary/aromatic N) is 1. The monoisotopic (exact) mass is 278 g/mol. The summed E-state index contributed by atoms with van der Waals surface area (Å²) < 4.78 is 0. The van der Waals surface area contributed by atoms with E-state index >= 15 is 0 Å². The molecule has 1 aliphatic heterocycles. The third kappa shape index (κ3) is 2.92. The maximum atomic E-state index is 3.92. The summed E-state index contributed by atoms with van der Waals surface area (Å²) in [5.41, 5.74) is 0.571. The summed E-state index contributed by atoms with van der Waals surface area (Å²) in [5, 5.41) is 3.92. The van der Waals surface area contributed by atoms with Gasteiger partial charge in [0, 0.05) is 31.2 Å². The number of hydrogen-bond donors (Lipinski definition) is 1. The third-order valence-corrected chi connectivity index (χ3v) is 6.27. The van der Waals surface area contributed by atoms with Crippen molar-refractivity contribution in [3.05, 3.63) is 0 Å². The first-order chi connectivity index (χ1) is 9.49. The van der Waals surface area contributed by atoms with E-state index in [0.29, 0.717) is 5.41 Å². The first-order valence-corrected chi connectivity index (χ1v) is 8.98. The van der Waals surface area contributed by atoms with Crippen LogP contribution >= 0.6 is 0 Å². The molecule has 3 unspecified atom stereocenters. The fourth-order valence-electron chi connectivity index (χ4n) is 4.65. The summed E-state index contributed by atoms with van der Waals surface area (Å²) in [5.74, 6) is 1.72. The molecule has 3 aliphatic rings. The van der Waals surface area contributed by atoms with E-state index in [0.717, 1.165) is 30.0 Å². The molecule has 0 aromatic heterocycles. The van der Waals surface area contributed by atoms with Crippen LogP contribution in [0.25, 0.3) is 0 Å². The van der Waals surface area contributed by atoms with E-state index in [1.807, 2.05) is 0 Å². The summed E-state index contributed by atoms with van der Waals surface area (Å²) in [4.78, 5) is 2.89. The molecule has 2 heteroatoms. The normalized spacial score (nSPS) is 39.1. The van der Waals surface area contributed by atoms with Crippen LogP contribution in [0.5, 0.6) is 0 Å². The number of nitrogens with one attached hydrogen (secondary N) is 1. The first-order valence-electron chi connectivity index (χ1n) is 8.98. The molecule has 0 radical (unpaired) electrons. The second-order valence-electron chi connectivity index (χ2n) is 8.63. The lowest BCUT2D eigenvalue weighted by Crippen LogP contribution is -2.61. The summed E-state index contributed by atoms with van der Waals surface area (Å²) in [6.45, 7) is 12.2. The number of hydrogen-bond acceptors (Lipinski definition) is 2. The molecule has 0 bridgehead atoms. The molecule has 0 spiro atoms. The minimum Gasteiger partial charge on any atom is -0.311 e. The molecule has 2 saturated carbocycles. The van der Waals surface area contributed by atoms with E-state index in [2.05, 4.69) is 37.9 Å². The molecule has 0 amide bonds. The lowest BCUT2D eigenvalue weighted by molar-refractivity contribution is 0.0562. The van der Waals surface area contributed by atoms with Gasteiger partial charge in [-0.1, -0.05) is 47.0 Å². The molecule has 3 fully saturated rings. The lowest BCUT2D eigenvalue weighted by atomic mass is 9.82. The van der Waals surface area contributed by atoms with E-state index in [1.54, 1.807) is 0 Å². The zero-order chi connectivity index (χ0) is 14.3. The van der Waals surface area contributed by atoms with E-state index < -0.39 is 0 Å². The van der Waals surface area contributed by atoms with Crippen LogP contribution in [0.4, 0.5) is 0 Å². The highest BCUT2D eigenvalue weighted by Gasteiger charge is 2.52. The minimum absolute atomic E-state index is 0.571.